The fraction of sp³-hybridized carbons (Fsp3) is 0.182. The number of amidine groups is 2. The number of thioether (sulfide) groups is 1. The number of fused-ring (bicyclic) bond motifs is 1. The molecule has 1 amide bonds. The lowest BCUT2D eigenvalue weighted by atomic mass is 10.1. The van der Waals surface area contributed by atoms with Gasteiger partial charge in [-0.3, -0.25) is 10.2 Å². The fourth-order valence-electron chi connectivity index (χ4n) is 3.08. The second-order valence-electron chi connectivity index (χ2n) is 7.22. The summed E-state index contributed by atoms with van der Waals surface area (Å²) >= 11 is 4.79. The molecule has 2 aliphatic rings. The van der Waals surface area contributed by atoms with Crippen molar-refractivity contribution < 1.29 is 9.53 Å². The lowest BCUT2D eigenvalue weighted by Gasteiger charge is -2.20. The van der Waals surface area contributed by atoms with Gasteiger partial charge in [0.1, 0.15) is 17.4 Å². The molecule has 0 fully saturated rings. The van der Waals surface area contributed by atoms with Crippen LogP contribution in [0, 0.1) is 12.3 Å². The molecule has 31 heavy (non-hydrogen) atoms. The second-order valence-corrected chi connectivity index (χ2v) is 9.12. The number of carbonyl (C=O) groups is 1. The third-order valence-electron chi connectivity index (χ3n) is 4.61. The minimum absolute atomic E-state index is 0.000800. The number of ether oxygens (including phenoxy) is 1. The number of anilines is 1. The molecule has 0 atom stereocenters. The molecule has 2 aromatic carbocycles. The van der Waals surface area contributed by atoms with Crippen molar-refractivity contribution in [1.29, 1.82) is 5.41 Å². The molecule has 0 spiro atoms. The molecule has 158 valence electrons. The molecule has 1 N–H and O–H groups in total. The number of carbonyl (C=O) groups excluding carboxylic acids is 1. The van der Waals surface area contributed by atoms with E-state index in [2.05, 4.69) is 26.0 Å². The molecule has 2 aromatic rings. The summed E-state index contributed by atoms with van der Waals surface area (Å²) in [6, 6.07) is 13.5. The number of aliphatic imine (C=N–C) groups is 1. The zero-order chi connectivity index (χ0) is 22.1. The van der Waals surface area contributed by atoms with Gasteiger partial charge in [0.05, 0.1) is 11.3 Å². The van der Waals surface area contributed by atoms with Crippen molar-refractivity contribution in [3.05, 3.63) is 63.6 Å². The number of hydrogen-bond donors (Lipinski definition) is 1. The Labute approximate surface area is 193 Å². The van der Waals surface area contributed by atoms with Gasteiger partial charge in [0, 0.05) is 18.6 Å². The molecule has 2 heterocycles. The molecule has 0 aromatic heterocycles. The Bertz CT molecular complexity index is 1170. The van der Waals surface area contributed by atoms with E-state index >= 15 is 0 Å². The second kappa shape index (κ2) is 8.68. The van der Waals surface area contributed by atoms with Crippen LogP contribution in [-0.4, -0.2) is 47.7 Å². The standard InChI is InChI=1S/C22H20BrN5O2S/c1-13-5-4-6-15(9-13)30-12-19-26-28-20(24)16(21(29)25-22(28)31-19)10-14-7-8-18(27(2)3)17(23)11-14/h4-11,24H,12H2,1-3H3/b16-10-,24-20?. The first kappa shape index (κ1) is 21.3. The maximum Gasteiger partial charge on any atom is 0.283 e. The zero-order valence-electron chi connectivity index (χ0n) is 17.2. The summed E-state index contributed by atoms with van der Waals surface area (Å²) in [7, 11) is 3.91. The SMILES string of the molecule is Cc1cccc(OCC2=NN3C(=N)/C(=C/c4ccc(N(C)C)c(Br)c4)C(=O)N=C3S2)c1. The molecule has 0 bridgehead atoms. The smallest absolute Gasteiger partial charge is 0.283 e. The van der Waals surface area contributed by atoms with Crippen LogP contribution in [0.5, 0.6) is 5.75 Å². The summed E-state index contributed by atoms with van der Waals surface area (Å²) < 4.78 is 6.69. The van der Waals surface area contributed by atoms with E-state index in [4.69, 9.17) is 10.1 Å². The zero-order valence-corrected chi connectivity index (χ0v) is 19.6. The summed E-state index contributed by atoms with van der Waals surface area (Å²) in [4.78, 5) is 18.7. The van der Waals surface area contributed by atoms with Crippen molar-refractivity contribution in [3.63, 3.8) is 0 Å². The van der Waals surface area contributed by atoms with Gasteiger partial charge in [-0.05, 0) is 76.1 Å². The number of hydrogen-bond acceptors (Lipinski definition) is 6. The number of nitrogens with one attached hydrogen (secondary N) is 1. The minimum Gasteiger partial charge on any atom is -0.487 e. The Morgan fingerprint density at radius 3 is 2.77 bits per heavy atom. The van der Waals surface area contributed by atoms with E-state index in [0.717, 1.165) is 27.0 Å². The van der Waals surface area contributed by atoms with Crippen LogP contribution < -0.4 is 9.64 Å². The molecule has 7 nitrogen and oxygen atoms in total. The fourth-order valence-corrected chi connectivity index (χ4v) is 4.63. The first-order valence-electron chi connectivity index (χ1n) is 9.47. The summed E-state index contributed by atoms with van der Waals surface area (Å²) in [5, 5.41) is 15.3. The molecule has 4 rings (SSSR count). The van der Waals surface area contributed by atoms with Crippen LogP contribution in [-0.2, 0) is 4.79 Å². The summed E-state index contributed by atoms with van der Waals surface area (Å²) in [5.41, 5.74) is 3.11. The third-order valence-corrected chi connectivity index (χ3v) is 6.13. The van der Waals surface area contributed by atoms with E-state index in [0.29, 0.717) is 10.2 Å². The van der Waals surface area contributed by atoms with E-state index in [1.807, 2.05) is 68.4 Å². The number of benzene rings is 2. The number of amides is 1. The van der Waals surface area contributed by atoms with Crippen LogP contribution in [0.1, 0.15) is 11.1 Å². The van der Waals surface area contributed by atoms with Crippen molar-refractivity contribution in [3.8, 4) is 5.75 Å². The van der Waals surface area contributed by atoms with Crippen molar-refractivity contribution in [1.82, 2.24) is 5.01 Å². The van der Waals surface area contributed by atoms with E-state index < -0.39 is 5.91 Å². The maximum absolute atomic E-state index is 12.6. The van der Waals surface area contributed by atoms with E-state index in [-0.39, 0.29) is 18.0 Å². The van der Waals surface area contributed by atoms with Crippen molar-refractivity contribution >= 4 is 61.4 Å². The highest BCUT2D eigenvalue weighted by Crippen LogP contribution is 2.30. The van der Waals surface area contributed by atoms with Crippen molar-refractivity contribution in [2.75, 3.05) is 25.6 Å². The Morgan fingerprint density at radius 2 is 2.06 bits per heavy atom. The molecule has 0 radical (unpaired) electrons. The molecular formula is C22H20BrN5O2S. The molecule has 9 heteroatoms. The highest BCUT2D eigenvalue weighted by Gasteiger charge is 2.35. The van der Waals surface area contributed by atoms with Crippen LogP contribution in [0.3, 0.4) is 0 Å². The third kappa shape index (κ3) is 4.57. The number of nitrogens with zero attached hydrogens (tertiary/aromatic N) is 4. The summed E-state index contributed by atoms with van der Waals surface area (Å²) in [5.74, 6) is 0.294. The predicted molar refractivity (Wildman–Crippen MR) is 130 cm³/mol. The van der Waals surface area contributed by atoms with E-state index in [9.17, 15) is 4.79 Å². The Morgan fingerprint density at radius 1 is 1.26 bits per heavy atom. The summed E-state index contributed by atoms with van der Waals surface area (Å²) in [6.07, 6.45) is 1.66. The van der Waals surface area contributed by atoms with Gasteiger partial charge < -0.3 is 9.64 Å². The summed E-state index contributed by atoms with van der Waals surface area (Å²) in [6.45, 7) is 2.24. The van der Waals surface area contributed by atoms with Crippen LogP contribution in [0.15, 0.2) is 62.6 Å². The lowest BCUT2D eigenvalue weighted by molar-refractivity contribution is -0.114. The maximum atomic E-state index is 12.6. The molecule has 0 saturated heterocycles. The van der Waals surface area contributed by atoms with Crippen molar-refractivity contribution in [2.45, 2.75) is 6.92 Å². The Balaban J connectivity index is 1.53. The molecule has 0 aliphatic carbocycles. The average Bonchev–Trinajstić information content (AvgIpc) is 3.12. The van der Waals surface area contributed by atoms with E-state index in [1.54, 1.807) is 6.08 Å². The van der Waals surface area contributed by atoms with Gasteiger partial charge in [-0.15, -0.1) is 0 Å². The minimum atomic E-state index is -0.451. The largest absolute Gasteiger partial charge is 0.487 e. The number of rotatable bonds is 5. The highest BCUT2D eigenvalue weighted by molar-refractivity contribution is 9.10. The number of aryl methyl sites for hydroxylation is 1. The van der Waals surface area contributed by atoms with Gasteiger partial charge >= 0.3 is 0 Å². The van der Waals surface area contributed by atoms with Gasteiger partial charge in [-0.2, -0.15) is 15.1 Å². The number of hydrazone groups is 1. The van der Waals surface area contributed by atoms with Gasteiger partial charge in [0.25, 0.3) is 5.91 Å². The van der Waals surface area contributed by atoms with Crippen LogP contribution in [0.4, 0.5) is 5.69 Å². The normalized spacial score (nSPS) is 16.9. The molecule has 2 aliphatic heterocycles. The van der Waals surface area contributed by atoms with Gasteiger partial charge in [-0.1, -0.05) is 18.2 Å². The average molecular weight is 498 g/mol. The Kier molecular flexibility index (Phi) is 5.97. The van der Waals surface area contributed by atoms with E-state index in [1.165, 1.54) is 16.8 Å². The van der Waals surface area contributed by atoms with Crippen LogP contribution >= 0.6 is 27.7 Å². The van der Waals surface area contributed by atoms with Crippen LogP contribution in [0.25, 0.3) is 6.08 Å². The monoisotopic (exact) mass is 497 g/mol. The van der Waals surface area contributed by atoms with Crippen LogP contribution in [0.2, 0.25) is 0 Å². The topological polar surface area (TPSA) is 81.4 Å². The highest BCUT2D eigenvalue weighted by atomic mass is 79.9. The molecule has 0 saturated carbocycles. The molecular weight excluding hydrogens is 478 g/mol. The van der Waals surface area contributed by atoms with Gasteiger partial charge in [0.15, 0.2) is 5.84 Å². The first-order valence-corrected chi connectivity index (χ1v) is 11.1. The quantitative estimate of drug-likeness (QED) is 0.614. The molecule has 0 unspecified atom stereocenters. The number of halogens is 1. The van der Waals surface area contributed by atoms with Gasteiger partial charge in [0.2, 0.25) is 5.17 Å². The van der Waals surface area contributed by atoms with Crippen molar-refractivity contribution in [2.24, 2.45) is 10.1 Å². The van der Waals surface area contributed by atoms with Gasteiger partial charge in [-0.25, -0.2) is 0 Å². The Hall–Kier alpha value is -2.91. The predicted octanol–water partition coefficient (Wildman–Crippen LogP) is 4.52. The lowest BCUT2D eigenvalue weighted by Crippen LogP contribution is -2.35. The first-order chi connectivity index (χ1) is 14.8.